The first-order valence-corrected chi connectivity index (χ1v) is 9.74. The maximum atomic E-state index is 4.75. The zero-order valence-corrected chi connectivity index (χ0v) is 16.4. The molecule has 1 fully saturated rings. The molecule has 0 bridgehead atoms. The predicted octanol–water partition coefficient (Wildman–Crippen LogP) is 2.23. The Morgan fingerprint density at radius 3 is 2.36 bits per heavy atom. The Morgan fingerprint density at radius 2 is 1.68 bits per heavy atom. The molecule has 0 aliphatic carbocycles. The number of nitrogens with zero attached hydrogens (tertiary/aromatic N) is 7. The Kier molecular flexibility index (Phi) is 4.24. The smallest absolute Gasteiger partial charge is 0.0702 e. The third-order valence-electron chi connectivity index (χ3n) is 5.54. The first-order valence-electron chi connectivity index (χ1n) is 9.74. The van der Waals surface area contributed by atoms with Gasteiger partial charge < -0.3 is 4.57 Å². The fourth-order valence-corrected chi connectivity index (χ4v) is 4.28. The van der Waals surface area contributed by atoms with Gasteiger partial charge in [0.1, 0.15) is 0 Å². The van der Waals surface area contributed by atoms with Gasteiger partial charge in [0.25, 0.3) is 0 Å². The summed E-state index contributed by atoms with van der Waals surface area (Å²) >= 11 is 0. The highest BCUT2D eigenvalue weighted by atomic mass is 15.3. The van der Waals surface area contributed by atoms with Gasteiger partial charge in [-0.25, -0.2) is 0 Å². The average molecular weight is 375 g/mol. The summed E-state index contributed by atoms with van der Waals surface area (Å²) < 4.78 is 6.03. The van der Waals surface area contributed by atoms with Crippen LogP contribution in [-0.4, -0.2) is 47.1 Å². The van der Waals surface area contributed by atoms with Crippen molar-refractivity contribution in [1.29, 1.82) is 0 Å². The minimum atomic E-state index is 0.663. The molecular formula is C21H25N7. The van der Waals surface area contributed by atoms with E-state index in [0.717, 1.165) is 32.6 Å². The summed E-state index contributed by atoms with van der Waals surface area (Å²) in [4.78, 5) is 7.23. The lowest BCUT2D eigenvalue weighted by molar-refractivity contribution is 0.0921. The van der Waals surface area contributed by atoms with Crippen molar-refractivity contribution in [3.63, 3.8) is 0 Å². The topological polar surface area (TPSA) is 56.7 Å². The molecule has 0 atom stereocenters. The Hall–Kier alpha value is -2.93. The summed E-state index contributed by atoms with van der Waals surface area (Å²) in [5.41, 5.74) is 4.96. The number of fused-ring (bicyclic) bond motifs is 1. The van der Waals surface area contributed by atoms with Crippen LogP contribution in [0.2, 0.25) is 0 Å². The molecule has 1 aliphatic rings. The highest BCUT2D eigenvalue weighted by Gasteiger charge is 2.28. The molecule has 5 rings (SSSR count). The van der Waals surface area contributed by atoms with E-state index >= 15 is 0 Å². The Morgan fingerprint density at radius 1 is 0.964 bits per heavy atom. The van der Waals surface area contributed by atoms with E-state index in [1.54, 1.807) is 0 Å². The molecule has 1 aliphatic heterocycles. The fraction of sp³-hybridized carbons (Fsp3) is 0.381. The average Bonchev–Trinajstić information content (AvgIpc) is 3.35. The van der Waals surface area contributed by atoms with Crippen molar-refractivity contribution in [2.45, 2.75) is 19.5 Å². The monoisotopic (exact) mass is 375 g/mol. The van der Waals surface area contributed by atoms with E-state index < -0.39 is 0 Å². The third-order valence-corrected chi connectivity index (χ3v) is 5.54. The lowest BCUT2D eigenvalue weighted by Gasteiger charge is -2.39. The van der Waals surface area contributed by atoms with Gasteiger partial charge in [0.05, 0.1) is 30.1 Å². The van der Waals surface area contributed by atoms with Crippen molar-refractivity contribution < 1.29 is 0 Å². The Balaban J connectivity index is 1.29. The van der Waals surface area contributed by atoms with Crippen LogP contribution in [0, 0.1) is 5.92 Å². The zero-order chi connectivity index (χ0) is 19.1. The van der Waals surface area contributed by atoms with E-state index in [4.69, 9.17) is 4.98 Å². The second kappa shape index (κ2) is 6.91. The van der Waals surface area contributed by atoms with Crippen LogP contribution >= 0.6 is 0 Å². The van der Waals surface area contributed by atoms with E-state index in [1.165, 1.54) is 27.7 Å². The van der Waals surface area contributed by atoms with Crippen LogP contribution < -0.4 is 0 Å². The molecule has 7 nitrogen and oxygen atoms in total. The van der Waals surface area contributed by atoms with Crippen molar-refractivity contribution in [1.82, 2.24) is 34.0 Å². The molecule has 28 heavy (non-hydrogen) atoms. The van der Waals surface area contributed by atoms with Crippen molar-refractivity contribution in [3.8, 4) is 0 Å². The zero-order valence-electron chi connectivity index (χ0n) is 16.4. The van der Waals surface area contributed by atoms with Crippen LogP contribution in [0.4, 0.5) is 0 Å². The van der Waals surface area contributed by atoms with Gasteiger partial charge in [-0.05, 0) is 24.5 Å². The van der Waals surface area contributed by atoms with Crippen LogP contribution in [-0.2, 0) is 33.6 Å². The van der Waals surface area contributed by atoms with Crippen LogP contribution in [0.25, 0.3) is 10.9 Å². The van der Waals surface area contributed by atoms with Gasteiger partial charge in [-0.2, -0.15) is 10.2 Å². The number of rotatable bonds is 6. The van der Waals surface area contributed by atoms with Crippen LogP contribution in [0.1, 0.15) is 16.8 Å². The van der Waals surface area contributed by atoms with Gasteiger partial charge in [-0.3, -0.25) is 19.2 Å². The molecule has 7 heteroatoms. The minimum Gasteiger partial charge on any atom is -0.341 e. The molecular weight excluding hydrogens is 350 g/mol. The summed E-state index contributed by atoms with van der Waals surface area (Å²) in [5, 5.41) is 9.82. The summed E-state index contributed by atoms with van der Waals surface area (Å²) in [6, 6.07) is 4.29. The molecule has 0 unspecified atom stereocenters. The summed E-state index contributed by atoms with van der Waals surface area (Å²) in [6.45, 7) is 4.06. The lowest BCUT2D eigenvalue weighted by Crippen LogP contribution is -2.46. The summed E-state index contributed by atoms with van der Waals surface area (Å²) in [7, 11) is 3.92. The van der Waals surface area contributed by atoms with Crippen LogP contribution in [0.15, 0.2) is 49.3 Å². The number of aromatic nitrogens is 6. The van der Waals surface area contributed by atoms with Crippen molar-refractivity contribution in [3.05, 3.63) is 66.1 Å². The second-order valence-corrected chi connectivity index (χ2v) is 7.95. The van der Waals surface area contributed by atoms with Gasteiger partial charge in [0.15, 0.2) is 0 Å². The van der Waals surface area contributed by atoms with Crippen LogP contribution in [0.3, 0.4) is 0 Å². The third kappa shape index (κ3) is 3.33. The number of likely N-dealkylation sites (tertiary alicyclic amines) is 1. The molecule has 0 aromatic carbocycles. The molecule has 0 radical (unpaired) electrons. The predicted molar refractivity (Wildman–Crippen MR) is 108 cm³/mol. The molecule has 5 heterocycles. The largest absolute Gasteiger partial charge is 0.341 e. The fourth-order valence-electron chi connectivity index (χ4n) is 4.28. The van der Waals surface area contributed by atoms with Crippen molar-refractivity contribution in [2.75, 3.05) is 13.1 Å². The maximum Gasteiger partial charge on any atom is 0.0702 e. The molecule has 1 saturated heterocycles. The maximum absolute atomic E-state index is 4.75. The highest BCUT2D eigenvalue weighted by Crippen LogP contribution is 2.26. The molecule has 0 spiro atoms. The first-order chi connectivity index (χ1) is 13.6. The molecule has 4 aromatic heterocycles. The van der Waals surface area contributed by atoms with Gasteiger partial charge in [0, 0.05) is 75.0 Å². The number of pyridine rings is 1. The van der Waals surface area contributed by atoms with Crippen molar-refractivity contribution >= 4 is 10.9 Å². The number of hydrogen-bond donors (Lipinski definition) is 0. The van der Waals surface area contributed by atoms with Gasteiger partial charge in [-0.15, -0.1) is 0 Å². The highest BCUT2D eigenvalue weighted by molar-refractivity contribution is 5.82. The minimum absolute atomic E-state index is 0.663. The normalized spacial score (nSPS) is 15.4. The summed E-state index contributed by atoms with van der Waals surface area (Å²) in [5.74, 6) is 0.663. The molecule has 0 N–H and O–H groups in total. The van der Waals surface area contributed by atoms with E-state index in [1.807, 2.05) is 42.0 Å². The molecule has 4 aromatic rings. The van der Waals surface area contributed by atoms with Gasteiger partial charge in [-0.1, -0.05) is 0 Å². The van der Waals surface area contributed by atoms with E-state index in [0.29, 0.717) is 5.92 Å². The first kappa shape index (κ1) is 17.2. The van der Waals surface area contributed by atoms with Crippen LogP contribution in [0.5, 0.6) is 0 Å². The SMILES string of the molecule is Cn1cc(CN2CC(Cc3nccc4ccn(Cc5cnn(C)c5)c34)C2)cn1. The number of hydrogen-bond acceptors (Lipinski definition) is 4. The standard InChI is InChI=1S/C21H25N7/c1-25-10-17(8-23-25)14-27-12-16(13-27)7-20-21-19(3-5-22-20)4-6-28(21)15-18-9-24-26(2)11-18/h3-6,8-11,16H,7,12-15H2,1-2H3. The van der Waals surface area contributed by atoms with Crippen molar-refractivity contribution in [2.24, 2.45) is 20.0 Å². The Bertz CT molecular complexity index is 1100. The van der Waals surface area contributed by atoms with E-state index in [9.17, 15) is 0 Å². The quantitative estimate of drug-likeness (QED) is 0.519. The number of aryl methyl sites for hydroxylation is 2. The van der Waals surface area contributed by atoms with E-state index in [2.05, 4.69) is 50.4 Å². The molecule has 0 saturated carbocycles. The van der Waals surface area contributed by atoms with Gasteiger partial charge >= 0.3 is 0 Å². The molecule has 144 valence electrons. The summed E-state index contributed by atoms with van der Waals surface area (Å²) in [6.07, 6.45) is 13.2. The second-order valence-electron chi connectivity index (χ2n) is 7.95. The lowest BCUT2D eigenvalue weighted by atomic mass is 9.93. The van der Waals surface area contributed by atoms with Gasteiger partial charge in [0.2, 0.25) is 0 Å². The van der Waals surface area contributed by atoms with E-state index in [-0.39, 0.29) is 0 Å². The Labute approximate surface area is 164 Å². The molecule has 0 amide bonds.